The molecule has 1 amide bonds. The Bertz CT molecular complexity index is 7000. The molecule has 0 aromatic heterocycles. The van der Waals surface area contributed by atoms with Crippen molar-refractivity contribution in [2.75, 3.05) is 101 Å². The highest BCUT2D eigenvalue weighted by molar-refractivity contribution is 9.10. The predicted octanol–water partition coefficient (Wildman–Crippen LogP) is 26.5. The molecular weight excluding hydrogens is 2090 g/mol. The summed E-state index contributed by atoms with van der Waals surface area (Å²) in [4.78, 5) is 33.0. The Hall–Kier alpha value is -11.8. The molecule has 20 rings (SSSR count). The first kappa shape index (κ1) is 114. The lowest BCUT2D eigenvalue weighted by molar-refractivity contribution is -0.434. The third-order valence-electron chi connectivity index (χ3n) is 31.9. The van der Waals surface area contributed by atoms with E-state index < -0.39 is 0 Å². The number of anilines is 7. The van der Waals surface area contributed by atoms with Gasteiger partial charge in [-0.05, 0) is 304 Å². The van der Waals surface area contributed by atoms with Crippen molar-refractivity contribution in [3.05, 3.63) is 375 Å². The lowest BCUT2D eigenvalue weighted by atomic mass is 9.78. The van der Waals surface area contributed by atoms with Gasteiger partial charge in [0.25, 0.3) is 0 Å². The minimum Gasteiger partial charge on any atom is -1.00 e. The van der Waals surface area contributed by atoms with E-state index in [0.717, 1.165) is 115 Å². The summed E-state index contributed by atoms with van der Waals surface area (Å²) in [7, 11) is 0. The summed E-state index contributed by atoms with van der Waals surface area (Å²) < 4.78 is 5.97. The highest BCUT2D eigenvalue weighted by Crippen LogP contribution is 2.56. The average molecular weight is 2250 g/mol. The maximum Gasteiger partial charge on any atom is 0.227 e. The minimum absolute atomic E-state index is 0. The number of aliphatic imine (C=N–C) groups is 2. The van der Waals surface area contributed by atoms with Crippen molar-refractivity contribution in [2.45, 2.75) is 232 Å². The molecule has 13 nitrogen and oxygen atoms in total. The molecule has 0 unspecified atom stereocenters. The van der Waals surface area contributed by atoms with Crippen molar-refractivity contribution in [2.24, 2.45) is 15.1 Å². The number of benzene rings is 13. The standard InChI is InChI=1S/C28H24N2.C26H34N3O.C20H21N.C17H27N2.C15H13Br.C15H22N2.C10H16N2.2HI/c1-28(2)25-16-10-9-15-23(25)24-18-17-22(19-26(24)28)29-30-27(20-11-5-3-6-12-20)21-13-7-4-8-14-21;1-7-27(8-2)22-15-16-24-23(19-22)26(5,6)25(28(24)9-3)17-18-29(20(4)30)21-13-11-10-12-14-21;1-12-19(2,3)17-10-14-13-8-6-7-9-15(13)20(4,5)16(14)11-18(17)21-12;1-7-18(8-2)14-10-11-16-15(12-14)17(5,6)13(4)19(16)9-3;1-15(2)13-6-4-3-5-11(13)12-8-7-10(16)9-14(12)15;1-6-17(7-2)12-8-9-14-13(10-12)15(4,5)11(3)16-14;1-3-12(4-2)10-7-5-9(11)6-8-10;;/h3-19,29H,1-2H3;10-19H,7-9H2,1-6H3;6-11H,1-5H3;10-12H,7-9H2,1-6H3;3-9H,1-2H3;8-10H,6-7H2,1-5H3;5-8H,3-4,11H2,1-2H3;2*1H/q;+1;;+1;;;;;/p-2. The molecule has 147 heavy (non-hydrogen) atoms. The van der Waals surface area contributed by atoms with Gasteiger partial charge in [-0.1, -0.05) is 249 Å². The summed E-state index contributed by atoms with van der Waals surface area (Å²) in [6.45, 7) is 72.4. The fraction of sp³-hybridized carbons (Fsp3) is 0.344. The number of hydrogen-bond acceptors (Lipinski definition) is 10. The first-order chi connectivity index (χ1) is 69.2. The van der Waals surface area contributed by atoms with Gasteiger partial charge in [0.1, 0.15) is 13.1 Å². The van der Waals surface area contributed by atoms with Crippen molar-refractivity contribution in [1.29, 1.82) is 0 Å². The second kappa shape index (κ2) is 47.8. The van der Waals surface area contributed by atoms with Gasteiger partial charge in [-0.3, -0.25) is 25.1 Å². The van der Waals surface area contributed by atoms with E-state index in [1.165, 1.54) is 146 Å². The molecule has 13 aromatic rings. The predicted molar refractivity (Wildman–Crippen MR) is 629 cm³/mol. The van der Waals surface area contributed by atoms with E-state index in [2.05, 4.69) is 460 Å². The molecule has 4 heterocycles. The zero-order chi connectivity index (χ0) is 105. The van der Waals surface area contributed by atoms with Crippen LogP contribution in [0.2, 0.25) is 0 Å². The van der Waals surface area contributed by atoms with Crippen LogP contribution in [-0.4, -0.2) is 109 Å². The Morgan fingerprint density at radius 2 is 0.714 bits per heavy atom. The third kappa shape index (κ3) is 23.1. The van der Waals surface area contributed by atoms with Crippen LogP contribution in [0.5, 0.6) is 0 Å². The molecule has 7 aliphatic rings. The zero-order valence-corrected chi connectivity index (χ0v) is 98.4. The SMILES string of the molecule is CC1(C)c2ccccc2-c2ccc(Br)cc21.CC1(C)c2ccccc2-c2ccc(NN=C(c3ccccc3)c3ccccc3)cc21.CC1=Nc2cc3c(cc2C1(C)C)-c1ccccc1C3(C)C.CCN(CC)c1ccc(N)cc1.CCN(CC)c1ccc2c(c1)C(C)(C)C(/C=C/N(C(C)=O)c1ccccc1)=[N+]2CC.CCN(CC)c1ccc2c(c1)C(C)(C)C(C)=N2.CCN(CC)c1ccc2c(c1)C(C)(C)C(C)=[N+]2CC.[I-].[I-]. The van der Waals surface area contributed by atoms with Crippen LogP contribution in [-0.2, 0) is 42.7 Å². The highest BCUT2D eigenvalue weighted by Gasteiger charge is 2.47. The number of para-hydroxylation sites is 1. The number of carbonyl (C=O) groups is 1. The van der Waals surface area contributed by atoms with Gasteiger partial charge >= 0.3 is 0 Å². The van der Waals surface area contributed by atoms with E-state index in [1.54, 1.807) is 11.8 Å². The van der Waals surface area contributed by atoms with Gasteiger partial charge in [0.05, 0.1) is 33.6 Å². The number of halogens is 3. The van der Waals surface area contributed by atoms with Crippen molar-refractivity contribution in [1.82, 2.24) is 0 Å². The van der Waals surface area contributed by atoms with Crippen LogP contribution >= 0.6 is 15.9 Å². The molecule has 3 N–H and O–H groups in total. The number of carbonyl (C=O) groups excluding carboxylic acids is 1. The minimum atomic E-state index is -0.149. The second-order valence-electron chi connectivity index (χ2n) is 42.5. The fourth-order valence-corrected chi connectivity index (χ4v) is 22.5. The van der Waals surface area contributed by atoms with Crippen LogP contribution in [0, 0.1) is 0 Å². The monoisotopic (exact) mass is 2250 g/mol. The van der Waals surface area contributed by atoms with Crippen molar-refractivity contribution >= 4 is 113 Å². The first-order valence-corrected chi connectivity index (χ1v) is 53.5. The number of nitrogens with zero attached hydrogens (tertiary/aromatic N) is 10. The Balaban J connectivity index is 0.000000155. The molecule has 16 heteroatoms. The molecule has 0 atom stereocenters. The van der Waals surface area contributed by atoms with Gasteiger partial charge in [-0.2, -0.15) is 14.3 Å². The number of fused-ring (bicyclic) bond motifs is 13. The Kier molecular flexibility index (Phi) is 37.0. The third-order valence-corrected chi connectivity index (χ3v) is 32.3. The van der Waals surface area contributed by atoms with Gasteiger partial charge < -0.3 is 73.3 Å². The number of hydrazone groups is 1. The van der Waals surface area contributed by atoms with E-state index >= 15 is 0 Å². The fourth-order valence-electron chi connectivity index (χ4n) is 22.2. The summed E-state index contributed by atoms with van der Waals surface area (Å²) >= 11 is 3.56. The zero-order valence-electron chi connectivity index (χ0n) is 92.5. The van der Waals surface area contributed by atoms with Crippen LogP contribution in [0.1, 0.15) is 261 Å². The van der Waals surface area contributed by atoms with Gasteiger partial charge in [0, 0.05) is 190 Å². The largest absolute Gasteiger partial charge is 1.00 e. The quantitative estimate of drug-likeness (QED) is 0.0242. The molecular formula is C131H157BrI2N12O. The summed E-state index contributed by atoms with van der Waals surface area (Å²) in [5.74, 6) is -0.00163. The van der Waals surface area contributed by atoms with E-state index in [-0.39, 0.29) is 91.8 Å². The number of hydrogen-bond donors (Lipinski definition) is 2. The van der Waals surface area contributed by atoms with Gasteiger partial charge in [0.15, 0.2) is 11.4 Å². The number of rotatable bonds is 21. The molecule has 768 valence electrons. The van der Waals surface area contributed by atoms with Crippen LogP contribution in [0.3, 0.4) is 0 Å². The Labute approximate surface area is 923 Å². The Morgan fingerprint density at radius 3 is 1.17 bits per heavy atom. The van der Waals surface area contributed by atoms with Crippen LogP contribution in [0.25, 0.3) is 33.4 Å². The topological polar surface area (TPSA) is 114 Å². The summed E-state index contributed by atoms with van der Waals surface area (Å²) in [5.41, 5.74) is 52.4. The van der Waals surface area contributed by atoms with Crippen LogP contribution in [0.4, 0.5) is 62.6 Å². The average Bonchev–Trinajstić information content (AvgIpc) is 1.55. The Morgan fingerprint density at radius 1 is 0.347 bits per heavy atom. The summed E-state index contributed by atoms with van der Waals surface area (Å²) in [6.07, 6.45) is 4.02. The molecule has 0 saturated heterocycles. The van der Waals surface area contributed by atoms with E-state index in [4.69, 9.17) is 15.8 Å². The van der Waals surface area contributed by atoms with Gasteiger partial charge in [0.2, 0.25) is 17.3 Å². The van der Waals surface area contributed by atoms with Gasteiger partial charge in [-0.15, -0.1) is 0 Å². The molecule has 0 radical (unpaired) electrons. The lowest BCUT2D eigenvalue weighted by Gasteiger charge is -2.25. The number of allylic oxidation sites excluding steroid dienone is 1. The number of nitrogens with one attached hydrogen (secondary N) is 1. The normalized spacial score (nSPS) is 15.2. The molecule has 13 aromatic carbocycles. The van der Waals surface area contributed by atoms with Crippen LogP contribution in [0.15, 0.2) is 323 Å². The van der Waals surface area contributed by atoms with Crippen molar-refractivity contribution in [3.63, 3.8) is 0 Å². The highest BCUT2D eigenvalue weighted by atomic mass is 127. The molecule has 4 aliphatic heterocycles. The molecule has 0 saturated carbocycles. The summed E-state index contributed by atoms with van der Waals surface area (Å²) in [6, 6.07) is 103. The van der Waals surface area contributed by atoms with E-state index in [1.807, 2.05) is 85.1 Å². The van der Waals surface area contributed by atoms with Crippen LogP contribution < -0.4 is 83.6 Å². The number of amides is 1. The maximum atomic E-state index is 12.3. The van der Waals surface area contributed by atoms with E-state index in [9.17, 15) is 4.79 Å². The lowest BCUT2D eigenvalue weighted by Crippen LogP contribution is -3.00. The molecule has 3 aliphatic carbocycles. The molecule has 0 fully saturated rings. The molecule has 0 bridgehead atoms. The first-order valence-electron chi connectivity index (χ1n) is 52.8. The second-order valence-corrected chi connectivity index (χ2v) is 43.4. The smallest absolute Gasteiger partial charge is 0.227 e. The number of nitrogen functional groups attached to an aromatic ring is 1. The number of nitrogens with two attached hydrogens (primary N) is 1. The summed E-state index contributed by atoms with van der Waals surface area (Å²) in [5, 5.41) is 4.82. The molecule has 0 spiro atoms. The maximum absolute atomic E-state index is 12.3. The van der Waals surface area contributed by atoms with Gasteiger partial charge in [-0.25, -0.2) is 0 Å². The van der Waals surface area contributed by atoms with Crippen molar-refractivity contribution in [3.8, 4) is 33.4 Å². The van der Waals surface area contributed by atoms with E-state index in [0.29, 0.717) is 0 Å². The van der Waals surface area contributed by atoms with Crippen molar-refractivity contribution < 1.29 is 61.9 Å².